The number of hydrogen-bond donors (Lipinski definition) is 1. The second-order valence-corrected chi connectivity index (χ2v) is 6.25. The number of aromatic amines is 1. The van der Waals surface area contributed by atoms with Gasteiger partial charge < -0.3 is 14.5 Å². The molecule has 26 heavy (non-hydrogen) atoms. The first kappa shape index (κ1) is 22.0. The third kappa shape index (κ3) is 5.77. The van der Waals surface area contributed by atoms with Crippen LogP contribution in [0.1, 0.15) is 57.7 Å². The molecule has 0 amide bonds. The lowest BCUT2D eigenvalue weighted by Gasteiger charge is -2.22. The summed E-state index contributed by atoms with van der Waals surface area (Å²) >= 11 is 0. The first-order chi connectivity index (χ1) is 12.6. The van der Waals surface area contributed by atoms with Gasteiger partial charge in [-0.1, -0.05) is 27.4 Å². The molecule has 3 rings (SSSR count). The number of fused-ring (bicyclic) bond motifs is 4. The van der Waals surface area contributed by atoms with E-state index in [1.165, 1.54) is 36.0 Å². The predicted octanol–water partition coefficient (Wildman–Crippen LogP) is 2.65. The van der Waals surface area contributed by atoms with Gasteiger partial charge in [-0.05, 0) is 49.2 Å². The topological polar surface area (TPSA) is 54.6 Å². The Kier molecular flexibility index (Phi) is 9.81. The molecule has 0 spiro atoms. The molecule has 2 atom stereocenters. The molecule has 1 saturated heterocycles. The Labute approximate surface area is 157 Å². The fraction of sp³-hybridized carbons (Fsp3) is 0.571. The van der Waals surface area contributed by atoms with Gasteiger partial charge in [0.1, 0.15) is 0 Å². The quantitative estimate of drug-likeness (QED) is 0.497. The zero-order valence-electron chi connectivity index (χ0n) is 16.9. The molecule has 5 nitrogen and oxygen atoms in total. The fourth-order valence-corrected chi connectivity index (χ4v) is 3.26. The standard InChI is InChI=1S/C15H20N2O.C4H8O2.C2H6/c1-10(18-3)4-5-13-11(2)15-12-6-7-17(8-12)9-14(15)16-13;1-2-3-6-4-5;1-2/h4-5,12,16H,2,6-9H2,1,3H3;4H,2-3H2,1H3;1-2H3/b10-4+,13-5+;;. The first-order valence-corrected chi connectivity index (χ1v) is 9.50. The maximum absolute atomic E-state index is 9.34. The minimum Gasteiger partial charge on any atom is -0.501 e. The lowest BCUT2D eigenvalue weighted by atomic mass is 9.95. The molecule has 1 aromatic heterocycles. The summed E-state index contributed by atoms with van der Waals surface area (Å²) < 4.78 is 9.45. The highest BCUT2D eigenvalue weighted by atomic mass is 16.5. The van der Waals surface area contributed by atoms with Crippen LogP contribution < -0.4 is 10.6 Å². The average molecular weight is 363 g/mol. The lowest BCUT2D eigenvalue weighted by molar-refractivity contribution is -0.128. The van der Waals surface area contributed by atoms with Crippen molar-refractivity contribution in [3.63, 3.8) is 0 Å². The largest absolute Gasteiger partial charge is 0.501 e. The molecule has 2 unspecified atom stereocenters. The number of ether oxygens (including phenoxy) is 2. The summed E-state index contributed by atoms with van der Waals surface area (Å²) in [4.78, 5) is 15.4. The van der Waals surface area contributed by atoms with Gasteiger partial charge in [0.2, 0.25) is 0 Å². The number of H-pyrrole nitrogens is 1. The van der Waals surface area contributed by atoms with Crippen molar-refractivity contribution >= 4 is 19.1 Å². The van der Waals surface area contributed by atoms with E-state index in [-0.39, 0.29) is 0 Å². The molecule has 0 aromatic carbocycles. The summed E-state index contributed by atoms with van der Waals surface area (Å²) in [6, 6.07) is 0. The highest BCUT2D eigenvalue weighted by Crippen LogP contribution is 2.32. The Morgan fingerprint density at radius 1 is 1.42 bits per heavy atom. The second kappa shape index (κ2) is 11.6. The van der Waals surface area contributed by atoms with Crippen molar-refractivity contribution in [1.82, 2.24) is 9.88 Å². The van der Waals surface area contributed by atoms with Gasteiger partial charge in [-0.15, -0.1) is 0 Å². The van der Waals surface area contributed by atoms with Crippen molar-refractivity contribution in [2.45, 2.75) is 53.0 Å². The highest BCUT2D eigenvalue weighted by molar-refractivity contribution is 5.42. The van der Waals surface area contributed by atoms with Crippen molar-refractivity contribution in [3.05, 3.63) is 33.7 Å². The molecule has 2 aliphatic rings. The van der Waals surface area contributed by atoms with Crippen LogP contribution in [0.3, 0.4) is 0 Å². The Hall–Kier alpha value is -2.01. The van der Waals surface area contributed by atoms with E-state index in [0.29, 0.717) is 19.0 Å². The van der Waals surface area contributed by atoms with E-state index in [9.17, 15) is 4.79 Å². The number of aromatic nitrogens is 1. The Balaban J connectivity index is 0.000000363. The summed E-state index contributed by atoms with van der Waals surface area (Å²) in [5.74, 6) is 1.60. The molecule has 1 aromatic rings. The Morgan fingerprint density at radius 3 is 2.73 bits per heavy atom. The maximum Gasteiger partial charge on any atom is 0.293 e. The molecule has 3 heterocycles. The number of methoxy groups -OCH3 is 1. The average Bonchev–Trinajstić information content (AvgIpc) is 3.21. The van der Waals surface area contributed by atoms with E-state index >= 15 is 0 Å². The van der Waals surface area contributed by atoms with Gasteiger partial charge >= 0.3 is 0 Å². The van der Waals surface area contributed by atoms with Crippen LogP contribution in [0.25, 0.3) is 12.7 Å². The highest BCUT2D eigenvalue weighted by Gasteiger charge is 2.32. The third-order valence-electron chi connectivity index (χ3n) is 4.52. The minimum atomic E-state index is 0.462. The van der Waals surface area contributed by atoms with Crippen molar-refractivity contribution in [2.24, 2.45) is 0 Å². The van der Waals surface area contributed by atoms with Gasteiger partial charge in [0, 0.05) is 30.1 Å². The first-order valence-electron chi connectivity index (χ1n) is 9.50. The minimum absolute atomic E-state index is 0.462. The zero-order valence-corrected chi connectivity index (χ0v) is 16.9. The van der Waals surface area contributed by atoms with Gasteiger partial charge in [-0.3, -0.25) is 9.69 Å². The molecule has 0 saturated carbocycles. The van der Waals surface area contributed by atoms with Gasteiger partial charge in [-0.25, -0.2) is 0 Å². The Bertz CT molecular complexity index is 691. The number of allylic oxidation sites excluding steroid dienone is 2. The predicted molar refractivity (Wildman–Crippen MR) is 107 cm³/mol. The van der Waals surface area contributed by atoms with Gasteiger partial charge in [0.25, 0.3) is 6.47 Å². The van der Waals surface area contributed by atoms with E-state index in [4.69, 9.17) is 4.74 Å². The SMILES string of the molecule is C=c1c2c([nH]/c1=C/C=C(\C)OC)CN1CCC2C1.CC.CCCOC=O. The number of nitrogens with zero attached hydrogens (tertiary/aromatic N) is 1. The number of hydrogen-bond acceptors (Lipinski definition) is 4. The summed E-state index contributed by atoms with van der Waals surface area (Å²) in [6.45, 7) is 16.7. The maximum atomic E-state index is 9.34. The monoisotopic (exact) mass is 362 g/mol. The van der Waals surface area contributed by atoms with Crippen LogP contribution in [0.4, 0.5) is 0 Å². The number of carbonyl (C=O) groups excluding carboxylic acids is 1. The molecule has 0 radical (unpaired) electrons. The van der Waals surface area contributed by atoms with Gasteiger partial charge in [0.15, 0.2) is 0 Å². The molecule has 5 heteroatoms. The van der Waals surface area contributed by atoms with Crippen LogP contribution in [0.2, 0.25) is 0 Å². The zero-order chi connectivity index (χ0) is 19.5. The molecule has 2 aliphatic heterocycles. The molecule has 1 N–H and O–H groups in total. The summed E-state index contributed by atoms with van der Waals surface area (Å²) in [5.41, 5.74) is 2.84. The van der Waals surface area contributed by atoms with Crippen LogP contribution in [0.5, 0.6) is 0 Å². The fourth-order valence-electron chi connectivity index (χ4n) is 3.26. The molecular formula is C21H34N2O3. The van der Waals surface area contributed by atoms with E-state index in [2.05, 4.69) is 27.3 Å². The van der Waals surface area contributed by atoms with E-state index in [0.717, 1.165) is 24.1 Å². The summed E-state index contributed by atoms with van der Waals surface area (Å²) in [5, 5.41) is 2.31. The van der Waals surface area contributed by atoms with Crippen LogP contribution in [-0.2, 0) is 20.8 Å². The van der Waals surface area contributed by atoms with Gasteiger partial charge in [0.05, 0.1) is 19.5 Å². The number of nitrogens with one attached hydrogen (secondary N) is 1. The van der Waals surface area contributed by atoms with Crippen molar-refractivity contribution < 1.29 is 14.3 Å². The number of carbonyl (C=O) groups is 1. The smallest absolute Gasteiger partial charge is 0.293 e. The molecule has 146 valence electrons. The third-order valence-corrected chi connectivity index (χ3v) is 4.52. The van der Waals surface area contributed by atoms with E-state index < -0.39 is 0 Å². The van der Waals surface area contributed by atoms with Crippen molar-refractivity contribution in [3.8, 4) is 0 Å². The van der Waals surface area contributed by atoms with E-state index in [1.807, 2.05) is 33.8 Å². The summed E-state index contributed by atoms with van der Waals surface area (Å²) in [7, 11) is 1.69. The lowest BCUT2D eigenvalue weighted by Crippen LogP contribution is -2.28. The molecule has 0 aliphatic carbocycles. The summed E-state index contributed by atoms with van der Waals surface area (Å²) in [6.07, 6.45) is 6.24. The van der Waals surface area contributed by atoms with Crippen LogP contribution in [-0.4, -0.2) is 43.2 Å². The molecular weight excluding hydrogens is 328 g/mol. The van der Waals surface area contributed by atoms with Crippen molar-refractivity contribution in [2.75, 3.05) is 26.8 Å². The second-order valence-electron chi connectivity index (χ2n) is 6.25. The number of rotatable bonds is 5. The van der Waals surface area contributed by atoms with Crippen LogP contribution in [0.15, 0.2) is 11.8 Å². The Morgan fingerprint density at radius 2 is 2.15 bits per heavy atom. The van der Waals surface area contributed by atoms with Crippen LogP contribution in [0, 0.1) is 0 Å². The van der Waals surface area contributed by atoms with Crippen molar-refractivity contribution in [1.29, 1.82) is 0 Å². The molecule has 2 bridgehead atoms. The van der Waals surface area contributed by atoms with Crippen LogP contribution >= 0.6 is 0 Å². The van der Waals surface area contributed by atoms with Gasteiger partial charge in [-0.2, -0.15) is 0 Å². The molecule has 1 fully saturated rings. The van der Waals surface area contributed by atoms with E-state index in [1.54, 1.807) is 7.11 Å². The normalized spacial score (nSPS) is 21.0.